The minimum absolute atomic E-state index is 0.0567. The highest BCUT2D eigenvalue weighted by molar-refractivity contribution is 5.76. The summed E-state index contributed by atoms with van der Waals surface area (Å²) in [6.45, 7) is 6.75. The first-order valence-electron chi connectivity index (χ1n) is 10.2. The topological polar surface area (TPSA) is 75.9 Å². The number of amides is 1. The molecular formula is C23H30N6O. The molecule has 0 unspecified atom stereocenters. The van der Waals surface area contributed by atoms with Crippen molar-refractivity contribution >= 4 is 11.7 Å². The number of nitrogens with one attached hydrogen (secondary N) is 1. The zero-order valence-corrected chi connectivity index (χ0v) is 18.4. The molecule has 3 rings (SSSR count). The Kier molecular flexibility index (Phi) is 6.82. The Bertz CT molecular complexity index is 996. The third kappa shape index (κ3) is 5.03. The van der Waals surface area contributed by atoms with Gasteiger partial charge >= 0.3 is 0 Å². The molecule has 0 radical (unpaired) electrons. The molecule has 0 saturated carbocycles. The average Bonchev–Trinajstić information content (AvgIpc) is 3.04. The third-order valence-corrected chi connectivity index (χ3v) is 5.33. The largest absolute Gasteiger partial charge is 0.363 e. The van der Waals surface area contributed by atoms with Crippen LogP contribution in [-0.2, 0) is 11.2 Å². The smallest absolute Gasteiger partial charge is 0.220 e. The number of carbonyl (C=O) groups is 1. The van der Waals surface area contributed by atoms with Crippen LogP contribution in [0.4, 0.5) is 5.82 Å². The van der Waals surface area contributed by atoms with E-state index in [2.05, 4.69) is 39.4 Å². The maximum Gasteiger partial charge on any atom is 0.220 e. The van der Waals surface area contributed by atoms with Crippen LogP contribution < -0.4 is 10.2 Å². The lowest BCUT2D eigenvalue weighted by Gasteiger charge is -2.13. The van der Waals surface area contributed by atoms with Gasteiger partial charge < -0.3 is 10.2 Å². The molecule has 1 atom stereocenters. The number of aryl methyl sites for hydroxylation is 1. The van der Waals surface area contributed by atoms with E-state index in [-0.39, 0.29) is 11.8 Å². The maximum absolute atomic E-state index is 12.4. The summed E-state index contributed by atoms with van der Waals surface area (Å²) in [6.07, 6.45) is 2.62. The van der Waals surface area contributed by atoms with Gasteiger partial charge in [-0.05, 0) is 37.3 Å². The van der Waals surface area contributed by atoms with Gasteiger partial charge in [0.1, 0.15) is 12.1 Å². The molecule has 30 heavy (non-hydrogen) atoms. The molecule has 158 valence electrons. The normalized spacial score (nSPS) is 11.9. The Morgan fingerprint density at radius 1 is 1.17 bits per heavy atom. The molecule has 1 aromatic carbocycles. The highest BCUT2D eigenvalue weighted by Gasteiger charge is 2.16. The number of nitrogens with zero attached hydrogens (tertiary/aromatic N) is 5. The Morgan fingerprint density at radius 3 is 2.60 bits per heavy atom. The van der Waals surface area contributed by atoms with E-state index in [1.54, 1.807) is 6.33 Å². The number of benzene rings is 1. The van der Waals surface area contributed by atoms with Crippen molar-refractivity contribution in [2.24, 2.45) is 0 Å². The summed E-state index contributed by atoms with van der Waals surface area (Å²) in [7, 11) is 3.88. The van der Waals surface area contributed by atoms with Crippen molar-refractivity contribution in [3.05, 3.63) is 65.2 Å². The van der Waals surface area contributed by atoms with Crippen LogP contribution in [0.5, 0.6) is 0 Å². The molecule has 0 bridgehead atoms. The Balaban J connectivity index is 1.62. The first-order valence-corrected chi connectivity index (χ1v) is 10.2. The van der Waals surface area contributed by atoms with E-state index in [1.807, 2.05) is 61.8 Å². The predicted octanol–water partition coefficient (Wildman–Crippen LogP) is 3.20. The van der Waals surface area contributed by atoms with Crippen molar-refractivity contribution < 1.29 is 4.79 Å². The molecule has 0 aliphatic heterocycles. The zero-order valence-electron chi connectivity index (χ0n) is 18.4. The van der Waals surface area contributed by atoms with Gasteiger partial charge in [0.15, 0.2) is 5.82 Å². The molecule has 0 aliphatic carbocycles. The summed E-state index contributed by atoms with van der Waals surface area (Å²) in [4.78, 5) is 23.0. The van der Waals surface area contributed by atoms with E-state index in [1.165, 1.54) is 5.56 Å². The molecule has 3 aromatic rings. The molecular weight excluding hydrogens is 376 g/mol. The van der Waals surface area contributed by atoms with Crippen LogP contribution in [0, 0.1) is 13.8 Å². The molecule has 7 nitrogen and oxygen atoms in total. The Hall–Kier alpha value is -3.22. The van der Waals surface area contributed by atoms with E-state index in [0.29, 0.717) is 19.4 Å². The van der Waals surface area contributed by atoms with Crippen LogP contribution >= 0.6 is 0 Å². The van der Waals surface area contributed by atoms with Gasteiger partial charge in [-0.2, -0.15) is 5.10 Å². The summed E-state index contributed by atoms with van der Waals surface area (Å²) in [5.74, 6) is 1.88. The fourth-order valence-electron chi connectivity index (χ4n) is 3.45. The zero-order chi connectivity index (χ0) is 21.7. The lowest BCUT2D eigenvalue weighted by Crippen LogP contribution is -2.27. The summed E-state index contributed by atoms with van der Waals surface area (Å²) >= 11 is 0. The minimum atomic E-state index is 0.0567. The summed E-state index contributed by atoms with van der Waals surface area (Å²) in [5, 5.41) is 7.71. The quantitative estimate of drug-likeness (QED) is 0.622. The lowest BCUT2D eigenvalue weighted by atomic mass is 10.0. The van der Waals surface area contributed by atoms with E-state index in [0.717, 1.165) is 28.6 Å². The molecule has 0 spiro atoms. The monoisotopic (exact) mass is 406 g/mol. The molecule has 0 aliphatic rings. The number of anilines is 1. The van der Waals surface area contributed by atoms with Crippen LogP contribution in [0.25, 0.3) is 5.82 Å². The van der Waals surface area contributed by atoms with Crippen LogP contribution in [0.15, 0.2) is 42.7 Å². The van der Waals surface area contributed by atoms with Crippen LogP contribution in [-0.4, -0.2) is 46.3 Å². The highest BCUT2D eigenvalue weighted by Crippen LogP contribution is 2.20. The molecule has 0 fully saturated rings. The average molecular weight is 407 g/mol. The number of aromatic nitrogens is 4. The van der Waals surface area contributed by atoms with Crippen LogP contribution in [0.3, 0.4) is 0 Å². The van der Waals surface area contributed by atoms with Gasteiger partial charge in [-0.1, -0.05) is 37.3 Å². The van der Waals surface area contributed by atoms with Crippen molar-refractivity contribution in [3.63, 3.8) is 0 Å². The Morgan fingerprint density at radius 2 is 1.90 bits per heavy atom. The molecule has 7 heteroatoms. The van der Waals surface area contributed by atoms with E-state index < -0.39 is 0 Å². The standard InChI is InChI=1S/C23H30N6O/c1-16(19-9-7-6-8-10-19)14-24-23(30)12-11-20-17(2)27-29(18(20)3)22-13-21(28(4)5)25-15-26-22/h6-10,13,15-16H,11-12,14H2,1-5H3,(H,24,30)/t16-/m0/s1. The predicted molar refractivity (Wildman–Crippen MR) is 119 cm³/mol. The summed E-state index contributed by atoms with van der Waals surface area (Å²) in [5.41, 5.74) is 4.24. The number of rotatable bonds is 8. The molecule has 1 N–H and O–H groups in total. The summed E-state index contributed by atoms with van der Waals surface area (Å²) in [6, 6.07) is 12.1. The van der Waals surface area contributed by atoms with Crippen molar-refractivity contribution in [1.82, 2.24) is 25.1 Å². The second-order valence-corrected chi connectivity index (χ2v) is 7.81. The molecule has 2 aromatic heterocycles. The number of hydrogen-bond acceptors (Lipinski definition) is 5. The van der Waals surface area contributed by atoms with Crippen LogP contribution in [0.1, 0.15) is 41.8 Å². The second-order valence-electron chi connectivity index (χ2n) is 7.81. The lowest BCUT2D eigenvalue weighted by molar-refractivity contribution is -0.121. The van der Waals surface area contributed by atoms with Gasteiger partial charge in [0.25, 0.3) is 0 Å². The van der Waals surface area contributed by atoms with E-state index in [9.17, 15) is 4.79 Å². The van der Waals surface area contributed by atoms with Gasteiger partial charge in [0.05, 0.1) is 5.69 Å². The van der Waals surface area contributed by atoms with Crippen molar-refractivity contribution in [2.75, 3.05) is 25.5 Å². The van der Waals surface area contributed by atoms with Gasteiger partial charge in [0, 0.05) is 38.8 Å². The third-order valence-electron chi connectivity index (χ3n) is 5.33. The van der Waals surface area contributed by atoms with Gasteiger partial charge in [-0.15, -0.1) is 0 Å². The molecule has 0 saturated heterocycles. The minimum Gasteiger partial charge on any atom is -0.363 e. The Labute approximate surface area is 178 Å². The molecule has 1 amide bonds. The fraction of sp³-hybridized carbons (Fsp3) is 0.391. The fourth-order valence-corrected chi connectivity index (χ4v) is 3.45. The number of carbonyl (C=O) groups excluding carboxylic acids is 1. The first kappa shape index (κ1) is 21.5. The second kappa shape index (κ2) is 9.52. The van der Waals surface area contributed by atoms with Gasteiger partial charge in [0.2, 0.25) is 5.91 Å². The van der Waals surface area contributed by atoms with Gasteiger partial charge in [-0.25, -0.2) is 14.6 Å². The first-order chi connectivity index (χ1) is 14.4. The van der Waals surface area contributed by atoms with Crippen molar-refractivity contribution in [2.45, 2.75) is 39.5 Å². The maximum atomic E-state index is 12.4. The van der Waals surface area contributed by atoms with Gasteiger partial charge in [-0.3, -0.25) is 4.79 Å². The summed E-state index contributed by atoms with van der Waals surface area (Å²) < 4.78 is 1.83. The van der Waals surface area contributed by atoms with E-state index in [4.69, 9.17) is 0 Å². The highest BCUT2D eigenvalue weighted by atomic mass is 16.1. The van der Waals surface area contributed by atoms with Crippen molar-refractivity contribution in [1.29, 1.82) is 0 Å². The van der Waals surface area contributed by atoms with Crippen molar-refractivity contribution in [3.8, 4) is 5.82 Å². The van der Waals surface area contributed by atoms with Crippen LogP contribution in [0.2, 0.25) is 0 Å². The SMILES string of the molecule is Cc1nn(-c2cc(N(C)C)ncn2)c(C)c1CCC(=O)NC[C@H](C)c1ccccc1. The van der Waals surface area contributed by atoms with E-state index >= 15 is 0 Å². The molecule has 2 heterocycles. The number of hydrogen-bond donors (Lipinski definition) is 1.